The third kappa shape index (κ3) is 3.91. The van der Waals surface area contributed by atoms with Crippen LogP contribution in [0.25, 0.3) is 11.3 Å². The Balaban J connectivity index is 1.69. The molecule has 2 aromatic heterocycles. The van der Waals surface area contributed by atoms with Gasteiger partial charge >= 0.3 is 0 Å². The molecule has 2 atom stereocenters. The van der Waals surface area contributed by atoms with Crippen LogP contribution in [-0.4, -0.2) is 26.5 Å². The van der Waals surface area contributed by atoms with Crippen LogP contribution in [0.2, 0.25) is 0 Å². The normalized spacial score (nSPS) is 18.6. The number of rotatable bonds is 6. The second-order valence-corrected chi connectivity index (χ2v) is 8.07. The number of non-ortho nitro benzene ring substituents is 1. The van der Waals surface area contributed by atoms with Crippen LogP contribution in [0.1, 0.15) is 37.4 Å². The molecule has 1 saturated heterocycles. The summed E-state index contributed by atoms with van der Waals surface area (Å²) in [6.07, 6.45) is 1.77. The van der Waals surface area contributed by atoms with E-state index in [0.717, 1.165) is 23.6 Å². The Morgan fingerprint density at radius 1 is 1.20 bits per heavy atom. The minimum Gasteiger partial charge on any atom is -0.459 e. The van der Waals surface area contributed by atoms with Gasteiger partial charge in [0.1, 0.15) is 17.6 Å². The van der Waals surface area contributed by atoms with Gasteiger partial charge in [0.2, 0.25) is 0 Å². The Morgan fingerprint density at radius 3 is 2.60 bits per heavy atom. The highest BCUT2D eigenvalue weighted by Crippen LogP contribution is 2.40. The lowest BCUT2D eigenvalue weighted by Crippen LogP contribution is -2.32. The van der Waals surface area contributed by atoms with Crippen molar-refractivity contribution in [2.75, 3.05) is 6.54 Å². The molecule has 0 saturated carbocycles. The summed E-state index contributed by atoms with van der Waals surface area (Å²) < 4.78 is 6.23. The smallest absolute Gasteiger partial charge is 0.269 e. The van der Waals surface area contributed by atoms with E-state index in [1.54, 1.807) is 18.3 Å². The summed E-state index contributed by atoms with van der Waals surface area (Å²) in [5.74, 6) is 1.84. The highest BCUT2D eigenvalue weighted by molar-refractivity contribution is 7.80. The van der Waals surface area contributed by atoms with Gasteiger partial charge in [0.15, 0.2) is 5.11 Å². The molecule has 0 spiro atoms. The summed E-state index contributed by atoms with van der Waals surface area (Å²) in [6.45, 7) is 5.09. The van der Waals surface area contributed by atoms with E-state index in [1.165, 1.54) is 12.1 Å². The lowest BCUT2D eigenvalue weighted by Gasteiger charge is -2.27. The largest absolute Gasteiger partial charge is 0.459 e. The van der Waals surface area contributed by atoms with E-state index < -0.39 is 4.92 Å². The van der Waals surface area contributed by atoms with Gasteiger partial charge in [0.25, 0.3) is 5.69 Å². The summed E-state index contributed by atoms with van der Waals surface area (Å²) in [5.41, 5.74) is 1.73. The molecule has 3 aromatic rings. The number of hydrogen-bond acceptors (Lipinski definition) is 5. The predicted octanol–water partition coefficient (Wildman–Crippen LogP) is 4.88. The van der Waals surface area contributed by atoms with Crippen LogP contribution in [-0.2, 0) is 0 Å². The second kappa shape index (κ2) is 8.23. The second-order valence-electron chi connectivity index (χ2n) is 7.68. The van der Waals surface area contributed by atoms with Crippen LogP contribution in [0.5, 0.6) is 0 Å². The van der Waals surface area contributed by atoms with Gasteiger partial charge < -0.3 is 14.6 Å². The van der Waals surface area contributed by atoms with Crippen molar-refractivity contribution >= 4 is 23.0 Å². The van der Waals surface area contributed by atoms with Crippen LogP contribution in [0.4, 0.5) is 5.69 Å². The van der Waals surface area contributed by atoms with Crippen molar-refractivity contribution in [3.63, 3.8) is 0 Å². The number of nitro benzene ring substituents is 1. The maximum absolute atomic E-state index is 10.9. The van der Waals surface area contributed by atoms with Gasteiger partial charge in [0.05, 0.1) is 16.7 Å². The minimum atomic E-state index is -0.413. The average molecular weight is 423 g/mol. The number of aromatic nitrogens is 1. The summed E-state index contributed by atoms with van der Waals surface area (Å²) >= 11 is 5.63. The van der Waals surface area contributed by atoms with Crippen LogP contribution in [0.3, 0.4) is 0 Å². The third-order valence-corrected chi connectivity index (χ3v) is 5.39. The van der Waals surface area contributed by atoms with Crippen molar-refractivity contribution in [2.45, 2.75) is 25.9 Å². The lowest BCUT2D eigenvalue weighted by atomic mass is 10.0. The Hall–Kier alpha value is -3.26. The first-order valence-corrected chi connectivity index (χ1v) is 10.2. The number of furan rings is 1. The number of thiocarbonyl (C=S) groups is 1. The van der Waals surface area contributed by atoms with Gasteiger partial charge in [-0.05, 0) is 54.5 Å². The maximum Gasteiger partial charge on any atom is 0.269 e. The monoisotopic (exact) mass is 422 g/mol. The van der Waals surface area contributed by atoms with Crippen molar-refractivity contribution in [3.8, 4) is 11.3 Å². The van der Waals surface area contributed by atoms with E-state index in [2.05, 4.69) is 29.0 Å². The zero-order valence-electron chi connectivity index (χ0n) is 16.7. The zero-order valence-corrected chi connectivity index (χ0v) is 17.5. The van der Waals surface area contributed by atoms with Gasteiger partial charge in [-0.3, -0.25) is 15.1 Å². The Morgan fingerprint density at radius 2 is 1.97 bits per heavy atom. The molecule has 0 amide bonds. The molecule has 4 rings (SSSR count). The topological polar surface area (TPSA) is 84.4 Å². The lowest BCUT2D eigenvalue weighted by molar-refractivity contribution is -0.384. The van der Waals surface area contributed by atoms with Gasteiger partial charge in [-0.2, -0.15) is 0 Å². The summed E-state index contributed by atoms with van der Waals surface area (Å²) in [6, 6.07) is 15.7. The maximum atomic E-state index is 10.9. The molecule has 8 heteroatoms. The van der Waals surface area contributed by atoms with Crippen molar-refractivity contribution in [1.29, 1.82) is 0 Å². The first-order valence-electron chi connectivity index (χ1n) is 9.76. The fourth-order valence-corrected chi connectivity index (χ4v) is 4.03. The number of nitrogens with zero attached hydrogens (tertiary/aromatic N) is 3. The highest BCUT2D eigenvalue weighted by atomic mass is 32.1. The molecule has 1 N–H and O–H groups in total. The van der Waals surface area contributed by atoms with Crippen LogP contribution in [0.15, 0.2) is 65.2 Å². The molecule has 30 heavy (non-hydrogen) atoms. The summed E-state index contributed by atoms with van der Waals surface area (Å²) in [4.78, 5) is 17.2. The van der Waals surface area contributed by atoms with Crippen molar-refractivity contribution in [3.05, 3.63) is 82.4 Å². The average Bonchev–Trinajstić information content (AvgIpc) is 3.33. The van der Waals surface area contributed by atoms with E-state index in [1.807, 2.05) is 30.3 Å². The summed E-state index contributed by atoms with van der Waals surface area (Å²) in [7, 11) is 0. The van der Waals surface area contributed by atoms with Crippen LogP contribution >= 0.6 is 12.2 Å². The number of benzene rings is 1. The number of nitro groups is 1. The molecular weight excluding hydrogens is 400 g/mol. The molecule has 1 fully saturated rings. The molecule has 1 aromatic carbocycles. The van der Waals surface area contributed by atoms with Gasteiger partial charge in [-0.25, -0.2) is 0 Å². The van der Waals surface area contributed by atoms with Gasteiger partial charge in [-0.1, -0.05) is 19.9 Å². The number of hydrogen-bond donors (Lipinski definition) is 1. The number of nitrogens with one attached hydrogen (secondary N) is 1. The first-order chi connectivity index (χ1) is 14.4. The van der Waals surface area contributed by atoms with Crippen LogP contribution < -0.4 is 5.32 Å². The van der Waals surface area contributed by atoms with Crippen LogP contribution in [0, 0.1) is 16.0 Å². The van der Waals surface area contributed by atoms with Crippen molar-refractivity contribution in [1.82, 2.24) is 15.2 Å². The fraction of sp³-hybridized carbons (Fsp3) is 0.273. The molecule has 0 unspecified atom stereocenters. The molecule has 1 aliphatic heterocycles. The third-order valence-electron chi connectivity index (χ3n) is 5.04. The highest BCUT2D eigenvalue weighted by Gasteiger charge is 2.41. The minimum absolute atomic E-state index is 0.0502. The molecule has 0 radical (unpaired) electrons. The zero-order chi connectivity index (χ0) is 21.3. The Bertz CT molecular complexity index is 1050. The van der Waals surface area contributed by atoms with E-state index in [4.69, 9.17) is 16.6 Å². The van der Waals surface area contributed by atoms with Gasteiger partial charge in [-0.15, -0.1) is 0 Å². The SMILES string of the molecule is CC(C)CN1C(=S)N[C@@H](c2ccccn2)[C@H]1c1ccc(-c2ccc([N+](=O)[O-])cc2)o1. The molecule has 1 aliphatic rings. The Labute approximate surface area is 179 Å². The molecule has 0 aliphatic carbocycles. The number of pyridine rings is 1. The Kier molecular flexibility index (Phi) is 5.50. The standard InChI is InChI=1S/C22H22N4O3S/c1-14(2)13-25-21(20(24-22(25)30)17-5-3-4-12-23-17)19-11-10-18(29-19)15-6-8-16(9-7-15)26(27)28/h3-12,14,20-21H,13H2,1-2H3,(H,24,30)/t20-,21+/m0/s1. The molecular formula is C22H22N4O3S. The quantitative estimate of drug-likeness (QED) is 0.344. The van der Waals surface area contributed by atoms with E-state index in [-0.39, 0.29) is 17.8 Å². The van der Waals surface area contributed by atoms with E-state index >= 15 is 0 Å². The van der Waals surface area contributed by atoms with Crippen molar-refractivity contribution in [2.24, 2.45) is 5.92 Å². The molecule has 154 valence electrons. The predicted molar refractivity (Wildman–Crippen MR) is 118 cm³/mol. The first kappa shape index (κ1) is 20.0. The molecule has 3 heterocycles. The summed E-state index contributed by atoms with van der Waals surface area (Å²) in [5, 5.41) is 15.0. The van der Waals surface area contributed by atoms with Crippen molar-refractivity contribution < 1.29 is 9.34 Å². The van der Waals surface area contributed by atoms with Gasteiger partial charge in [0, 0.05) is 30.4 Å². The molecule has 7 nitrogen and oxygen atoms in total. The molecule has 0 bridgehead atoms. The van der Waals surface area contributed by atoms with E-state index in [9.17, 15) is 10.1 Å². The van der Waals surface area contributed by atoms with E-state index in [0.29, 0.717) is 16.8 Å². The fourth-order valence-electron chi connectivity index (χ4n) is 3.72.